The van der Waals surface area contributed by atoms with Crippen LogP contribution in [0.15, 0.2) is 30.3 Å². The molecule has 1 aromatic carbocycles. The smallest absolute Gasteiger partial charge is 0.244 e. The van der Waals surface area contributed by atoms with Gasteiger partial charge in [-0.2, -0.15) is 5.10 Å². The van der Waals surface area contributed by atoms with Crippen LogP contribution in [0.5, 0.6) is 11.5 Å². The van der Waals surface area contributed by atoms with Crippen LogP contribution in [-0.2, 0) is 11.8 Å². The van der Waals surface area contributed by atoms with Gasteiger partial charge in [-0.3, -0.25) is 9.48 Å². The van der Waals surface area contributed by atoms with Crippen molar-refractivity contribution in [2.75, 3.05) is 13.2 Å². The lowest BCUT2D eigenvalue weighted by Gasteiger charge is -2.26. The standard InChI is InChI=1S/C18H21N3O3/c1-12-15(13(2)21(3)20-12)8-9-18(22)19-10-14-11-23-16-6-4-5-7-17(16)24-14/h4-9,14H,10-11H2,1-3H3,(H,19,22)/b9-8+. The van der Waals surface area contributed by atoms with Gasteiger partial charge < -0.3 is 14.8 Å². The van der Waals surface area contributed by atoms with Gasteiger partial charge in [0, 0.05) is 24.4 Å². The maximum Gasteiger partial charge on any atom is 0.244 e. The molecule has 0 spiro atoms. The van der Waals surface area contributed by atoms with Gasteiger partial charge in [0.1, 0.15) is 12.7 Å². The van der Waals surface area contributed by atoms with E-state index in [2.05, 4.69) is 10.4 Å². The van der Waals surface area contributed by atoms with Crippen molar-refractivity contribution in [3.63, 3.8) is 0 Å². The third-order valence-electron chi connectivity index (χ3n) is 4.04. The second kappa shape index (κ2) is 6.78. The topological polar surface area (TPSA) is 65.4 Å². The summed E-state index contributed by atoms with van der Waals surface area (Å²) in [5.74, 6) is 1.28. The van der Waals surface area contributed by atoms with Crippen LogP contribution < -0.4 is 14.8 Å². The van der Waals surface area contributed by atoms with Crippen molar-refractivity contribution in [2.24, 2.45) is 7.05 Å². The van der Waals surface area contributed by atoms with E-state index in [1.54, 1.807) is 10.8 Å². The summed E-state index contributed by atoms with van der Waals surface area (Å²) in [7, 11) is 1.89. The minimum atomic E-state index is -0.195. The average molecular weight is 327 g/mol. The summed E-state index contributed by atoms with van der Waals surface area (Å²) >= 11 is 0. The first-order valence-corrected chi connectivity index (χ1v) is 7.89. The van der Waals surface area contributed by atoms with E-state index in [1.165, 1.54) is 6.08 Å². The highest BCUT2D eigenvalue weighted by Gasteiger charge is 2.20. The van der Waals surface area contributed by atoms with Crippen LogP contribution in [0.4, 0.5) is 0 Å². The van der Waals surface area contributed by atoms with Gasteiger partial charge >= 0.3 is 0 Å². The molecular formula is C18H21N3O3. The number of rotatable bonds is 4. The molecular weight excluding hydrogens is 306 g/mol. The van der Waals surface area contributed by atoms with Gasteiger partial charge in [0.25, 0.3) is 0 Å². The van der Waals surface area contributed by atoms with Crippen LogP contribution in [0.3, 0.4) is 0 Å². The highest BCUT2D eigenvalue weighted by Crippen LogP contribution is 2.30. The van der Waals surface area contributed by atoms with E-state index < -0.39 is 0 Å². The molecule has 1 aliphatic heterocycles. The molecule has 1 amide bonds. The lowest BCUT2D eigenvalue weighted by molar-refractivity contribution is -0.116. The number of para-hydroxylation sites is 2. The summed E-state index contributed by atoms with van der Waals surface area (Å²) in [4.78, 5) is 12.0. The van der Waals surface area contributed by atoms with Crippen molar-refractivity contribution in [1.82, 2.24) is 15.1 Å². The number of ether oxygens (including phenoxy) is 2. The van der Waals surface area contributed by atoms with E-state index in [4.69, 9.17) is 9.47 Å². The quantitative estimate of drug-likeness (QED) is 0.873. The van der Waals surface area contributed by atoms with Gasteiger partial charge in [-0.05, 0) is 32.1 Å². The molecule has 0 bridgehead atoms. The Labute approximate surface area is 141 Å². The minimum absolute atomic E-state index is 0.167. The maximum absolute atomic E-state index is 12.0. The fraction of sp³-hybridized carbons (Fsp3) is 0.333. The molecule has 6 heteroatoms. The Morgan fingerprint density at radius 1 is 1.38 bits per heavy atom. The van der Waals surface area contributed by atoms with E-state index >= 15 is 0 Å². The minimum Gasteiger partial charge on any atom is -0.486 e. The molecule has 1 N–H and O–H groups in total. The molecule has 0 aliphatic carbocycles. The number of benzene rings is 1. The number of aromatic nitrogens is 2. The molecule has 2 aromatic rings. The number of hydrogen-bond acceptors (Lipinski definition) is 4. The van der Waals surface area contributed by atoms with E-state index in [0.717, 1.165) is 22.7 Å². The highest BCUT2D eigenvalue weighted by molar-refractivity contribution is 5.92. The zero-order valence-electron chi connectivity index (χ0n) is 14.1. The lowest BCUT2D eigenvalue weighted by Crippen LogP contribution is -2.40. The van der Waals surface area contributed by atoms with Crippen molar-refractivity contribution >= 4 is 12.0 Å². The lowest BCUT2D eigenvalue weighted by atomic mass is 10.2. The SMILES string of the molecule is Cc1nn(C)c(C)c1/C=C/C(=O)NCC1COc2ccccc2O1. The Balaban J connectivity index is 1.54. The highest BCUT2D eigenvalue weighted by atomic mass is 16.6. The van der Waals surface area contributed by atoms with E-state index in [9.17, 15) is 4.79 Å². The largest absolute Gasteiger partial charge is 0.486 e. The third kappa shape index (κ3) is 3.42. The summed E-state index contributed by atoms with van der Waals surface area (Å²) in [6.07, 6.45) is 3.12. The van der Waals surface area contributed by atoms with Crippen molar-refractivity contribution < 1.29 is 14.3 Å². The summed E-state index contributed by atoms with van der Waals surface area (Å²) in [5.41, 5.74) is 2.90. The average Bonchev–Trinajstić information content (AvgIpc) is 2.83. The molecule has 0 saturated heterocycles. The predicted molar refractivity (Wildman–Crippen MR) is 91.1 cm³/mol. The number of hydrogen-bond donors (Lipinski definition) is 1. The zero-order valence-corrected chi connectivity index (χ0v) is 14.1. The summed E-state index contributed by atoms with van der Waals surface area (Å²) < 4.78 is 13.2. The number of carbonyl (C=O) groups is 1. The Kier molecular flexibility index (Phi) is 4.55. The molecule has 3 rings (SSSR count). The van der Waals surface area contributed by atoms with Gasteiger partial charge in [-0.15, -0.1) is 0 Å². The Bertz CT molecular complexity index is 780. The number of aryl methyl sites for hydroxylation is 2. The van der Waals surface area contributed by atoms with Crippen LogP contribution in [0.2, 0.25) is 0 Å². The van der Waals surface area contributed by atoms with E-state index in [-0.39, 0.29) is 12.0 Å². The molecule has 126 valence electrons. The Hall–Kier alpha value is -2.76. The molecule has 6 nitrogen and oxygen atoms in total. The number of carbonyl (C=O) groups excluding carboxylic acids is 1. The molecule has 2 heterocycles. The van der Waals surface area contributed by atoms with E-state index in [1.807, 2.05) is 45.2 Å². The summed E-state index contributed by atoms with van der Waals surface area (Å²) in [6.45, 7) is 4.71. The number of amides is 1. The van der Waals surface area contributed by atoms with Gasteiger partial charge in [0.2, 0.25) is 5.91 Å². The monoisotopic (exact) mass is 327 g/mol. The molecule has 0 saturated carbocycles. The second-order valence-corrected chi connectivity index (χ2v) is 5.78. The molecule has 24 heavy (non-hydrogen) atoms. The number of fused-ring (bicyclic) bond motifs is 1. The first kappa shape index (κ1) is 16.1. The van der Waals surface area contributed by atoms with Gasteiger partial charge in [0.05, 0.1) is 12.2 Å². The van der Waals surface area contributed by atoms with E-state index in [0.29, 0.717) is 18.9 Å². The summed E-state index contributed by atoms with van der Waals surface area (Å²) in [5, 5.41) is 7.17. The van der Waals surface area contributed by atoms with Crippen molar-refractivity contribution in [1.29, 1.82) is 0 Å². The fourth-order valence-corrected chi connectivity index (χ4v) is 2.63. The molecule has 1 atom stereocenters. The fourth-order valence-electron chi connectivity index (χ4n) is 2.63. The number of nitrogens with one attached hydrogen (secondary N) is 1. The Morgan fingerprint density at radius 3 is 2.83 bits per heavy atom. The molecule has 0 fully saturated rings. The molecule has 1 aromatic heterocycles. The molecule has 1 unspecified atom stereocenters. The van der Waals surface area contributed by atoms with Gasteiger partial charge in [-0.1, -0.05) is 12.1 Å². The van der Waals surface area contributed by atoms with Crippen molar-refractivity contribution in [3.8, 4) is 11.5 Å². The first-order valence-electron chi connectivity index (χ1n) is 7.89. The van der Waals surface area contributed by atoms with Gasteiger partial charge in [-0.25, -0.2) is 0 Å². The zero-order chi connectivity index (χ0) is 17.1. The van der Waals surface area contributed by atoms with Crippen LogP contribution in [0.1, 0.15) is 17.0 Å². The molecule has 0 radical (unpaired) electrons. The second-order valence-electron chi connectivity index (χ2n) is 5.78. The third-order valence-corrected chi connectivity index (χ3v) is 4.04. The van der Waals surface area contributed by atoms with Crippen LogP contribution >= 0.6 is 0 Å². The predicted octanol–water partition coefficient (Wildman–Crippen LogP) is 2.01. The van der Waals surface area contributed by atoms with Crippen molar-refractivity contribution in [3.05, 3.63) is 47.3 Å². The Morgan fingerprint density at radius 2 is 2.12 bits per heavy atom. The number of nitrogens with zero attached hydrogens (tertiary/aromatic N) is 2. The van der Waals surface area contributed by atoms with Crippen LogP contribution in [-0.4, -0.2) is 34.9 Å². The maximum atomic E-state index is 12.0. The van der Waals surface area contributed by atoms with Crippen LogP contribution in [0.25, 0.3) is 6.08 Å². The normalized spacial score (nSPS) is 16.4. The molecule has 1 aliphatic rings. The van der Waals surface area contributed by atoms with Crippen LogP contribution in [0, 0.1) is 13.8 Å². The first-order chi connectivity index (χ1) is 11.5. The van der Waals surface area contributed by atoms with Crippen molar-refractivity contribution in [2.45, 2.75) is 20.0 Å². The summed E-state index contributed by atoms with van der Waals surface area (Å²) in [6, 6.07) is 7.52. The van der Waals surface area contributed by atoms with Gasteiger partial charge in [0.15, 0.2) is 11.5 Å².